The molecule has 1 aliphatic carbocycles. The summed E-state index contributed by atoms with van der Waals surface area (Å²) in [6.45, 7) is 5.85. The summed E-state index contributed by atoms with van der Waals surface area (Å²) in [5.74, 6) is -2.34. The molecule has 0 fully saturated rings. The molecule has 1 aromatic rings. The summed E-state index contributed by atoms with van der Waals surface area (Å²) < 4.78 is 24.0. The monoisotopic (exact) mass is 461 g/mol. The van der Waals surface area contributed by atoms with Gasteiger partial charge < -0.3 is 14.8 Å². The second-order valence-electron chi connectivity index (χ2n) is 7.92. The molecule has 32 heavy (non-hydrogen) atoms. The molecule has 0 radical (unpaired) electrons. The molecular formula is C24H28FNO5S. The number of hydrogen-bond donors (Lipinski definition) is 1. The number of carbonyl (C=O) groups excluding carboxylic acids is 3. The summed E-state index contributed by atoms with van der Waals surface area (Å²) in [6, 6.07) is 5.70. The van der Waals surface area contributed by atoms with Gasteiger partial charge in [-0.15, -0.1) is 0 Å². The number of benzene rings is 1. The van der Waals surface area contributed by atoms with Gasteiger partial charge in [-0.05, 0) is 42.7 Å². The Balaban J connectivity index is 2.06. The van der Waals surface area contributed by atoms with Crippen molar-refractivity contribution in [2.75, 3.05) is 25.2 Å². The van der Waals surface area contributed by atoms with Crippen LogP contribution in [0.2, 0.25) is 0 Å². The molecule has 6 nitrogen and oxygen atoms in total. The van der Waals surface area contributed by atoms with Gasteiger partial charge in [-0.1, -0.05) is 26.0 Å². The Morgan fingerprint density at radius 1 is 1.25 bits per heavy atom. The largest absolute Gasteiger partial charge is 0.468 e. The molecule has 0 amide bonds. The summed E-state index contributed by atoms with van der Waals surface area (Å²) in [6.07, 6.45) is 0.450. The van der Waals surface area contributed by atoms with Gasteiger partial charge in [0.15, 0.2) is 5.78 Å². The Labute approximate surface area is 191 Å². The number of thioether (sulfide) groups is 1. The first kappa shape index (κ1) is 24.0. The number of rotatable bonds is 7. The van der Waals surface area contributed by atoms with Crippen LogP contribution in [-0.2, 0) is 23.9 Å². The number of hydrogen-bond acceptors (Lipinski definition) is 7. The standard InChI is InChI=1S/C24H28FNO5S/c1-5-32-11-10-31-24(29)19-14(3)26-17-12-13(2)18(23(28)30-4)22(27)21(17)20(19)15-6-8-16(25)9-7-15/h6-9,13,18,20,26H,5,10-12H2,1-4H3/t13-,18+,20+/m1/s1. The number of Topliss-reactive ketones (excluding diaryl/α,β-unsaturated/α-hetero) is 1. The Hall–Kier alpha value is -2.61. The number of ketones is 1. The van der Waals surface area contributed by atoms with Crippen LogP contribution in [0.3, 0.4) is 0 Å². The van der Waals surface area contributed by atoms with Gasteiger partial charge in [0.2, 0.25) is 0 Å². The van der Waals surface area contributed by atoms with Gasteiger partial charge in [-0.3, -0.25) is 9.59 Å². The quantitative estimate of drug-likeness (QED) is 0.376. The van der Waals surface area contributed by atoms with Crippen molar-refractivity contribution in [1.82, 2.24) is 5.32 Å². The highest BCUT2D eigenvalue weighted by atomic mass is 32.2. The normalized spacial score (nSPS) is 22.9. The van der Waals surface area contributed by atoms with Crippen molar-refractivity contribution < 1.29 is 28.2 Å². The zero-order chi connectivity index (χ0) is 23.4. The van der Waals surface area contributed by atoms with E-state index in [4.69, 9.17) is 9.47 Å². The maximum Gasteiger partial charge on any atom is 0.336 e. The van der Waals surface area contributed by atoms with Gasteiger partial charge in [0.05, 0.1) is 12.7 Å². The first-order valence-electron chi connectivity index (χ1n) is 10.6. The molecule has 0 bridgehead atoms. The topological polar surface area (TPSA) is 81.7 Å². The van der Waals surface area contributed by atoms with E-state index in [1.54, 1.807) is 30.8 Å². The van der Waals surface area contributed by atoms with Crippen LogP contribution in [0.5, 0.6) is 0 Å². The third-order valence-corrected chi connectivity index (χ3v) is 6.69. The number of allylic oxidation sites excluding steroid dienone is 3. The lowest BCUT2D eigenvalue weighted by Gasteiger charge is -2.38. The summed E-state index contributed by atoms with van der Waals surface area (Å²) in [7, 11) is 1.25. The minimum atomic E-state index is -0.958. The molecule has 172 valence electrons. The molecule has 1 aromatic carbocycles. The van der Waals surface area contributed by atoms with E-state index in [1.165, 1.54) is 19.2 Å². The minimum Gasteiger partial charge on any atom is -0.468 e. The number of nitrogens with one attached hydrogen (secondary N) is 1. The molecule has 1 N–H and O–H groups in total. The number of carbonyl (C=O) groups is 3. The second kappa shape index (κ2) is 10.3. The van der Waals surface area contributed by atoms with E-state index >= 15 is 0 Å². The van der Waals surface area contributed by atoms with Gasteiger partial charge >= 0.3 is 11.9 Å². The highest BCUT2D eigenvalue weighted by molar-refractivity contribution is 7.99. The predicted octanol–water partition coefficient (Wildman–Crippen LogP) is 3.74. The highest BCUT2D eigenvalue weighted by Crippen LogP contribution is 2.45. The Bertz CT molecular complexity index is 969. The van der Waals surface area contributed by atoms with E-state index in [0.29, 0.717) is 40.3 Å². The first-order chi connectivity index (χ1) is 15.3. The van der Waals surface area contributed by atoms with Gasteiger partial charge in [-0.25, -0.2) is 9.18 Å². The van der Waals surface area contributed by atoms with E-state index in [0.717, 1.165) is 5.75 Å². The molecule has 0 spiro atoms. The van der Waals surface area contributed by atoms with Crippen LogP contribution < -0.4 is 5.32 Å². The summed E-state index contributed by atoms with van der Waals surface area (Å²) in [4.78, 5) is 39.0. The Morgan fingerprint density at radius 2 is 1.94 bits per heavy atom. The molecule has 3 atom stereocenters. The zero-order valence-electron chi connectivity index (χ0n) is 18.7. The number of ether oxygens (including phenoxy) is 2. The number of esters is 2. The average Bonchev–Trinajstić information content (AvgIpc) is 2.76. The molecule has 0 saturated carbocycles. The third kappa shape index (κ3) is 4.75. The van der Waals surface area contributed by atoms with Gasteiger partial charge in [0, 0.05) is 28.6 Å². The van der Waals surface area contributed by atoms with Crippen molar-refractivity contribution in [2.45, 2.75) is 33.1 Å². The number of halogens is 1. The van der Waals surface area contributed by atoms with Crippen molar-refractivity contribution in [3.8, 4) is 0 Å². The zero-order valence-corrected chi connectivity index (χ0v) is 19.5. The second-order valence-corrected chi connectivity index (χ2v) is 9.31. The fourth-order valence-electron chi connectivity index (χ4n) is 4.36. The fraction of sp³-hybridized carbons (Fsp3) is 0.458. The lowest BCUT2D eigenvalue weighted by Crippen LogP contribution is -2.43. The molecule has 2 aliphatic rings. The van der Waals surface area contributed by atoms with E-state index in [-0.39, 0.29) is 18.3 Å². The van der Waals surface area contributed by atoms with E-state index in [2.05, 4.69) is 5.32 Å². The van der Waals surface area contributed by atoms with Gasteiger partial charge in [0.25, 0.3) is 0 Å². The van der Waals surface area contributed by atoms with Crippen molar-refractivity contribution in [1.29, 1.82) is 0 Å². The summed E-state index contributed by atoms with van der Waals surface area (Å²) >= 11 is 1.66. The van der Waals surface area contributed by atoms with Crippen LogP contribution in [0, 0.1) is 17.7 Å². The lowest BCUT2D eigenvalue weighted by molar-refractivity contribution is -0.151. The first-order valence-corrected chi connectivity index (χ1v) is 11.8. The number of methoxy groups -OCH3 is 1. The van der Waals surface area contributed by atoms with E-state index < -0.39 is 29.6 Å². The maximum atomic E-state index is 13.6. The fourth-order valence-corrected chi connectivity index (χ4v) is 4.84. The summed E-state index contributed by atoms with van der Waals surface area (Å²) in [5.41, 5.74) is 2.48. The van der Waals surface area contributed by atoms with Gasteiger partial charge in [-0.2, -0.15) is 11.8 Å². The highest BCUT2D eigenvalue weighted by Gasteiger charge is 2.47. The molecule has 8 heteroatoms. The SMILES string of the molecule is CCSCCOC(=O)C1=C(C)NC2=C(C(=O)[C@@H](C(=O)OC)[C@H](C)C2)[C@H]1c1ccc(F)cc1. The van der Waals surface area contributed by atoms with Crippen molar-refractivity contribution >= 4 is 29.5 Å². The third-order valence-electron chi connectivity index (χ3n) is 5.83. The Morgan fingerprint density at radius 3 is 2.56 bits per heavy atom. The van der Waals surface area contributed by atoms with Crippen LogP contribution in [0.1, 0.15) is 38.7 Å². The van der Waals surface area contributed by atoms with Gasteiger partial charge in [0.1, 0.15) is 18.3 Å². The minimum absolute atomic E-state index is 0.242. The predicted molar refractivity (Wildman–Crippen MR) is 120 cm³/mol. The molecular weight excluding hydrogens is 433 g/mol. The van der Waals surface area contributed by atoms with E-state index in [1.807, 2.05) is 13.8 Å². The maximum absolute atomic E-state index is 13.6. The molecule has 1 aliphatic heterocycles. The molecule has 0 unspecified atom stereocenters. The van der Waals surface area contributed by atoms with Crippen LogP contribution in [0.15, 0.2) is 46.8 Å². The van der Waals surface area contributed by atoms with Crippen molar-refractivity contribution in [3.63, 3.8) is 0 Å². The molecule has 0 aromatic heterocycles. The summed E-state index contributed by atoms with van der Waals surface area (Å²) in [5, 5.41) is 3.21. The number of dihydropyridines is 1. The van der Waals surface area contributed by atoms with Crippen LogP contribution in [0.4, 0.5) is 4.39 Å². The molecule has 3 rings (SSSR count). The van der Waals surface area contributed by atoms with Crippen LogP contribution >= 0.6 is 11.8 Å². The molecule has 0 saturated heterocycles. The van der Waals surface area contributed by atoms with Crippen LogP contribution in [-0.4, -0.2) is 42.9 Å². The van der Waals surface area contributed by atoms with Crippen molar-refractivity contribution in [2.24, 2.45) is 11.8 Å². The van der Waals surface area contributed by atoms with Crippen LogP contribution in [0.25, 0.3) is 0 Å². The smallest absolute Gasteiger partial charge is 0.336 e. The lowest BCUT2D eigenvalue weighted by atomic mass is 9.69. The van der Waals surface area contributed by atoms with Crippen molar-refractivity contribution in [3.05, 3.63) is 58.2 Å². The Kier molecular flexibility index (Phi) is 7.77. The molecule has 1 heterocycles. The average molecular weight is 462 g/mol. The van der Waals surface area contributed by atoms with E-state index in [9.17, 15) is 18.8 Å².